The topological polar surface area (TPSA) is 26.3 Å². The third-order valence-corrected chi connectivity index (χ3v) is 3.90. The SMILES string of the molecule is CC(=O)C=Cc1c(C)c(C)c2c(c1C)OC(C)(C)C2. The van der Waals surface area contributed by atoms with Gasteiger partial charge in [-0.25, -0.2) is 0 Å². The monoisotopic (exact) mass is 258 g/mol. The molecular formula is C17H22O2. The lowest BCUT2D eigenvalue weighted by Gasteiger charge is -2.18. The van der Waals surface area contributed by atoms with Gasteiger partial charge >= 0.3 is 0 Å². The zero-order valence-corrected chi connectivity index (χ0v) is 12.7. The number of carbonyl (C=O) groups excluding carboxylic acids is 1. The third-order valence-electron chi connectivity index (χ3n) is 3.90. The van der Waals surface area contributed by atoms with Gasteiger partial charge in [-0.2, -0.15) is 0 Å². The van der Waals surface area contributed by atoms with Crippen LogP contribution < -0.4 is 4.74 Å². The van der Waals surface area contributed by atoms with E-state index in [0.29, 0.717) is 0 Å². The summed E-state index contributed by atoms with van der Waals surface area (Å²) in [4.78, 5) is 11.1. The third kappa shape index (κ3) is 2.44. The number of carbonyl (C=O) groups is 1. The first kappa shape index (κ1) is 13.9. The molecule has 2 heteroatoms. The number of hydrogen-bond donors (Lipinski definition) is 0. The van der Waals surface area contributed by atoms with Crippen molar-refractivity contribution in [3.05, 3.63) is 33.9 Å². The van der Waals surface area contributed by atoms with Gasteiger partial charge in [-0.3, -0.25) is 4.79 Å². The van der Waals surface area contributed by atoms with E-state index in [4.69, 9.17) is 4.74 Å². The number of fused-ring (bicyclic) bond motifs is 1. The van der Waals surface area contributed by atoms with Crippen LogP contribution in [0.1, 0.15) is 48.6 Å². The maximum absolute atomic E-state index is 11.1. The molecule has 0 saturated heterocycles. The van der Waals surface area contributed by atoms with Crippen LogP contribution in [0.4, 0.5) is 0 Å². The summed E-state index contributed by atoms with van der Waals surface area (Å²) in [5.41, 5.74) is 5.97. The minimum Gasteiger partial charge on any atom is -0.487 e. The first-order chi connectivity index (χ1) is 8.73. The van der Waals surface area contributed by atoms with E-state index < -0.39 is 0 Å². The van der Waals surface area contributed by atoms with Crippen LogP contribution in [0.5, 0.6) is 5.75 Å². The van der Waals surface area contributed by atoms with Crippen LogP contribution in [-0.2, 0) is 11.2 Å². The van der Waals surface area contributed by atoms with Gasteiger partial charge in [0.2, 0.25) is 0 Å². The Morgan fingerprint density at radius 3 is 2.37 bits per heavy atom. The zero-order chi connectivity index (χ0) is 14.4. The van der Waals surface area contributed by atoms with Crippen LogP contribution in [0.25, 0.3) is 6.08 Å². The highest BCUT2D eigenvalue weighted by Crippen LogP contribution is 2.42. The summed E-state index contributed by atoms with van der Waals surface area (Å²) in [5.74, 6) is 1.08. The summed E-state index contributed by atoms with van der Waals surface area (Å²) in [6, 6.07) is 0. The smallest absolute Gasteiger partial charge is 0.152 e. The van der Waals surface area contributed by atoms with Crippen molar-refractivity contribution in [3.63, 3.8) is 0 Å². The molecule has 2 nitrogen and oxygen atoms in total. The van der Waals surface area contributed by atoms with Crippen molar-refractivity contribution in [1.29, 1.82) is 0 Å². The standard InChI is InChI=1S/C17H22O2/c1-10(18)7-8-14-11(2)12(3)15-9-17(5,6)19-16(15)13(14)4/h7-8H,9H2,1-6H3. The van der Waals surface area contributed by atoms with E-state index in [1.165, 1.54) is 16.7 Å². The molecule has 0 N–H and O–H groups in total. The molecule has 0 aromatic heterocycles. The van der Waals surface area contributed by atoms with Gasteiger partial charge in [-0.05, 0) is 69.9 Å². The van der Waals surface area contributed by atoms with E-state index in [2.05, 4.69) is 34.6 Å². The maximum atomic E-state index is 11.1. The molecule has 0 unspecified atom stereocenters. The molecule has 1 aromatic rings. The summed E-state index contributed by atoms with van der Waals surface area (Å²) >= 11 is 0. The van der Waals surface area contributed by atoms with Gasteiger partial charge < -0.3 is 4.74 Å². The molecule has 2 rings (SSSR count). The second-order valence-electron chi connectivity index (χ2n) is 6.08. The van der Waals surface area contributed by atoms with Crippen molar-refractivity contribution >= 4 is 11.9 Å². The molecule has 0 atom stereocenters. The normalized spacial score (nSPS) is 16.5. The fraction of sp³-hybridized carbons (Fsp3) is 0.471. The van der Waals surface area contributed by atoms with Crippen molar-refractivity contribution in [2.45, 2.75) is 53.6 Å². The molecule has 102 valence electrons. The molecule has 1 aliphatic rings. The highest BCUT2D eigenvalue weighted by molar-refractivity contribution is 5.92. The Morgan fingerprint density at radius 2 is 1.79 bits per heavy atom. The number of benzene rings is 1. The number of hydrogen-bond acceptors (Lipinski definition) is 2. The molecule has 0 fully saturated rings. The average Bonchev–Trinajstić information content (AvgIpc) is 2.62. The van der Waals surface area contributed by atoms with Crippen molar-refractivity contribution in [3.8, 4) is 5.75 Å². The lowest BCUT2D eigenvalue weighted by molar-refractivity contribution is -0.112. The van der Waals surface area contributed by atoms with Crippen molar-refractivity contribution in [1.82, 2.24) is 0 Å². The second kappa shape index (κ2) is 4.52. The van der Waals surface area contributed by atoms with Crippen molar-refractivity contribution < 1.29 is 9.53 Å². The quantitative estimate of drug-likeness (QED) is 0.751. The van der Waals surface area contributed by atoms with Gasteiger partial charge in [0.15, 0.2) is 5.78 Å². The Bertz CT molecular complexity index is 578. The first-order valence-electron chi connectivity index (χ1n) is 6.73. The number of ketones is 1. The van der Waals surface area contributed by atoms with Gasteiger partial charge in [-0.1, -0.05) is 6.08 Å². The molecule has 0 spiro atoms. The van der Waals surface area contributed by atoms with Gasteiger partial charge in [0, 0.05) is 12.0 Å². The molecule has 0 radical (unpaired) electrons. The number of ether oxygens (including phenoxy) is 1. The van der Waals surface area contributed by atoms with Gasteiger partial charge in [0.1, 0.15) is 11.4 Å². The Labute approximate surface area is 115 Å². The van der Waals surface area contributed by atoms with Gasteiger partial charge in [0.25, 0.3) is 0 Å². The summed E-state index contributed by atoms with van der Waals surface area (Å²) in [6.07, 6.45) is 4.49. The molecule has 0 amide bonds. The minimum absolute atomic E-state index is 0.0678. The van der Waals surface area contributed by atoms with Crippen LogP contribution >= 0.6 is 0 Å². The fourth-order valence-corrected chi connectivity index (χ4v) is 2.77. The fourth-order valence-electron chi connectivity index (χ4n) is 2.77. The van der Waals surface area contributed by atoms with E-state index in [0.717, 1.165) is 23.3 Å². The molecule has 19 heavy (non-hydrogen) atoms. The zero-order valence-electron chi connectivity index (χ0n) is 12.7. The largest absolute Gasteiger partial charge is 0.487 e. The molecule has 0 saturated carbocycles. The summed E-state index contributed by atoms with van der Waals surface area (Å²) in [7, 11) is 0. The average molecular weight is 258 g/mol. The van der Waals surface area contributed by atoms with E-state index in [1.54, 1.807) is 13.0 Å². The molecule has 0 aliphatic carbocycles. The Hall–Kier alpha value is -1.57. The van der Waals surface area contributed by atoms with Crippen LogP contribution in [0, 0.1) is 20.8 Å². The summed E-state index contributed by atoms with van der Waals surface area (Å²) in [5, 5.41) is 0. The van der Waals surface area contributed by atoms with Gasteiger partial charge in [-0.15, -0.1) is 0 Å². The molecule has 1 heterocycles. The lowest BCUT2D eigenvalue weighted by atomic mass is 9.89. The lowest BCUT2D eigenvalue weighted by Crippen LogP contribution is -2.24. The molecule has 0 bridgehead atoms. The molecule has 1 aliphatic heterocycles. The predicted molar refractivity (Wildman–Crippen MR) is 78.8 cm³/mol. The first-order valence-corrected chi connectivity index (χ1v) is 6.73. The molecule has 1 aromatic carbocycles. The van der Waals surface area contributed by atoms with Crippen LogP contribution in [-0.4, -0.2) is 11.4 Å². The second-order valence-corrected chi connectivity index (χ2v) is 6.08. The van der Waals surface area contributed by atoms with E-state index >= 15 is 0 Å². The van der Waals surface area contributed by atoms with E-state index in [9.17, 15) is 4.79 Å². The van der Waals surface area contributed by atoms with E-state index in [-0.39, 0.29) is 11.4 Å². The van der Waals surface area contributed by atoms with E-state index in [1.807, 2.05) is 6.08 Å². The Balaban J connectivity index is 2.61. The maximum Gasteiger partial charge on any atom is 0.152 e. The predicted octanol–water partition coefficient (Wildman–Crippen LogP) is 3.93. The van der Waals surface area contributed by atoms with Crippen LogP contribution in [0.3, 0.4) is 0 Å². The Kier molecular flexibility index (Phi) is 3.29. The van der Waals surface area contributed by atoms with Crippen LogP contribution in [0.2, 0.25) is 0 Å². The molecular weight excluding hydrogens is 236 g/mol. The summed E-state index contributed by atoms with van der Waals surface area (Å²) in [6.45, 7) is 12.1. The van der Waals surface area contributed by atoms with Crippen molar-refractivity contribution in [2.75, 3.05) is 0 Å². The minimum atomic E-state index is -0.132. The van der Waals surface area contributed by atoms with Crippen LogP contribution in [0.15, 0.2) is 6.08 Å². The highest BCUT2D eigenvalue weighted by atomic mass is 16.5. The number of allylic oxidation sites excluding steroid dienone is 1. The van der Waals surface area contributed by atoms with Gasteiger partial charge in [0.05, 0.1) is 0 Å². The summed E-state index contributed by atoms with van der Waals surface area (Å²) < 4.78 is 6.09. The highest BCUT2D eigenvalue weighted by Gasteiger charge is 2.33. The number of rotatable bonds is 2. The van der Waals surface area contributed by atoms with Crippen molar-refractivity contribution in [2.24, 2.45) is 0 Å². The Morgan fingerprint density at radius 1 is 1.16 bits per heavy atom.